The van der Waals surface area contributed by atoms with Crippen molar-refractivity contribution in [1.82, 2.24) is 9.47 Å². The summed E-state index contributed by atoms with van der Waals surface area (Å²) in [4.78, 5) is 26.6. The summed E-state index contributed by atoms with van der Waals surface area (Å²) in [5.74, 6) is -0.0841. The van der Waals surface area contributed by atoms with Crippen LogP contribution in [0.1, 0.15) is 5.69 Å². The fourth-order valence-corrected chi connectivity index (χ4v) is 3.12. The van der Waals surface area contributed by atoms with Gasteiger partial charge in [0.05, 0.1) is 18.7 Å². The topological polar surface area (TPSA) is 71.8 Å². The molecule has 0 unspecified atom stereocenters. The molecule has 2 aromatic rings. The quantitative estimate of drug-likeness (QED) is 0.903. The number of hydrogen-bond acceptors (Lipinski definition) is 4. The van der Waals surface area contributed by atoms with Gasteiger partial charge in [0, 0.05) is 42.8 Å². The van der Waals surface area contributed by atoms with Crippen LogP contribution in [0.4, 0.5) is 0 Å². The number of rotatable bonds is 3. The molecule has 1 saturated heterocycles. The van der Waals surface area contributed by atoms with E-state index in [-0.39, 0.29) is 30.4 Å². The molecule has 1 aromatic carbocycles. The highest BCUT2D eigenvalue weighted by Crippen LogP contribution is 2.14. The first-order valence-electron chi connectivity index (χ1n) is 8.15. The van der Waals surface area contributed by atoms with E-state index in [1.807, 2.05) is 29.7 Å². The molecule has 0 aliphatic carbocycles. The summed E-state index contributed by atoms with van der Waals surface area (Å²) in [6, 6.07) is 8.89. The lowest BCUT2D eigenvalue weighted by atomic mass is 10.1. The molecule has 0 bridgehead atoms. The third-order valence-electron chi connectivity index (χ3n) is 4.47. The van der Waals surface area contributed by atoms with Gasteiger partial charge in [0.1, 0.15) is 6.54 Å². The molecular weight excluding hydrogens is 308 g/mol. The number of ether oxygens (including phenoxy) is 1. The van der Waals surface area contributed by atoms with Crippen LogP contribution in [0.25, 0.3) is 10.9 Å². The van der Waals surface area contributed by atoms with E-state index in [9.17, 15) is 14.7 Å². The molecular formula is C18H22N2O4. The van der Waals surface area contributed by atoms with E-state index in [2.05, 4.69) is 0 Å². The van der Waals surface area contributed by atoms with Crippen LogP contribution < -0.4 is 5.43 Å². The standard InChI is InChI=1S/C18H22N2O4/c1-13-8-17(22)15-4-2-3-5-16(15)20(13)10-18(23)19-6-7-24-12-14(9-19)11-21/h2-5,8,14,21H,6-7,9-12H2,1H3/t14-/m1/s1. The van der Waals surface area contributed by atoms with Crippen molar-refractivity contribution in [3.8, 4) is 0 Å². The Morgan fingerprint density at radius 3 is 2.96 bits per heavy atom. The molecule has 6 nitrogen and oxygen atoms in total. The molecule has 6 heteroatoms. The maximum Gasteiger partial charge on any atom is 0.242 e. The molecule has 24 heavy (non-hydrogen) atoms. The number of pyridine rings is 1. The Hall–Kier alpha value is -2.18. The summed E-state index contributed by atoms with van der Waals surface area (Å²) in [5, 5.41) is 9.98. The second-order valence-corrected chi connectivity index (χ2v) is 6.22. The van der Waals surface area contributed by atoms with Crippen LogP contribution >= 0.6 is 0 Å². The number of carbonyl (C=O) groups excluding carboxylic acids is 1. The van der Waals surface area contributed by atoms with Crippen molar-refractivity contribution < 1.29 is 14.6 Å². The van der Waals surface area contributed by atoms with Crippen LogP contribution in [0.15, 0.2) is 35.1 Å². The van der Waals surface area contributed by atoms with E-state index in [0.717, 1.165) is 11.2 Å². The minimum Gasteiger partial charge on any atom is -0.396 e. The molecule has 1 N–H and O–H groups in total. The average Bonchev–Trinajstić information content (AvgIpc) is 2.84. The summed E-state index contributed by atoms with van der Waals surface area (Å²) in [5.41, 5.74) is 1.49. The first-order valence-corrected chi connectivity index (χ1v) is 8.15. The van der Waals surface area contributed by atoms with Gasteiger partial charge in [0.2, 0.25) is 5.91 Å². The number of aromatic nitrogens is 1. The van der Waals surface area contributed by atoms with Gasteiger partial charge < -0.3 is 19.3 Å². The van der Waals surface area contributed by atoms with Crippen LogP contribution in [0, 0.1) is 12.8 Å². The van der Waals surface area contributed by atoms with Gasteiger partial charge in [0.25, 0.3) is 0 Å². The molecule has 1 aliphatic heterocycles. The van der Waals surface area contributed by atoms with Gasteiger partial charge in [-0.15, -0.1) is 0 Å². The van der Waals surface area contributed by atoms with Crippen LogP contribution in [0.2, 0.25) is 0 Å². The zero-order valence-corrected chi connectivity index (χ0v) is 13.8. The van der Waals surface area contributed by atoms with Crippen molar-refractivity contribution in [3.05, 3.63) is 46.2 Å². The summed E-state index contributed by atoms with van der Waals surface area (Å²) >= 11 is 0. The molecule has 1 atom stereocenters. The van der Waals surface area contributed by atoms with Gasteiger partial charge in [-0.1, -0.05) is 12.1 Å². The average molecular weight is 330 g/mol. The highest BCUT2D eigenvalue weighted by atomic mass is 16.5. The first kappa shape index (κ1) is 16.7. The Kier molecular flexibility index (Phi) is 4.97. The van der Waals surface area contributed by atoms with Gasteiger partial charge in [-0.3, -0.25) is 9.59 Å². The van der Waals surface area contributed by atoms with Crippen molar-refractivity contribution in [3.63, 3.8) is 0 Å². The van der Waals surface area contributed by atoms with E-state index in [1.54, 1.807) is 17.0 Å². The van der Waals surface area contributed by atoms with Crippen LogP contribution in [0.3, 0.4) is 0 Å². The second kappa shape index (κ2) is 7.15. The van der Waals surface area contributed by atoms with Gasteiger partial charge in [-0.05, 0) is 19.1 Å². The van der Waals surface area contributed by atoms with Crippen molar-refractivity contribution in [1.29, 1.82) is 0 Å². The molecule has 0 spiro atoms. The molecule has 1 aliphatic rings. The lowest BCUT2D eigenvalue weighted by molar-refractivity contribution is -0.132. The van der Waals surface area contributed by atoms with E-state index >= 15 is 0 Å². The fraction of sp³-hybridized carbons (Fsp3) is 0.444. The molecule has 1 amide bonds. The van der Waals surface area contributed by atoms with Crippen LogP contribution in [-0.4, -0.2) is 53.4 Å². The van der Waals surface area contributed by atoms with Crippen molar-refractivity contribution in [2.24, 2.45) is 5.92 Å². The number of aryl methyl sites for hydroxylation is 1. The third kappa shape index (κ3) is 3.34. The molecule has 1 fully saturated rings. The Balaban J connectivity index is 1.89. The molecule has 0 saturated carbocycles. The normalized spacial score (nSPS) is 18.6. The minimum atomic E-state index is -0.0525. The zero-order chi connectivity index (χ0) is 17.1. The predicted octanol–water partition coefficient (Wildman–Crippen LogP) is 0.777. The molecule has 2 heterocycles. The fourth-order valence-electron chi connectivity index (χ4n) is 3.12. The van der Waals surface area contributed by atoms with Gasteiger partial charge >= 0.3 is 0 Å². The number of fused-ring (bicyclic) bond motifs is 1. The lowest BCUT2D eigenvalue weighted by Gasteiger charge is -2.24. The maximum atomic E-state index is 12.8. The smallest absolute Gasteiger partial charge is 0.242 e. The number of aliphatic hydroxyl groups excluding tert-OH is 1. The third-order valence-corrected chi connectivity index (χ3v) is 4.47. The molecule has 128 valence electrons. The molecule has 3 rings (SSSR count). The molecule has 1 aromatic heterocycles. The second-order valence-electron chi connectivity index (χ2n) is 6.22. The number of carbonyl (C=O) groups is 1. The first-order chi connectivity index (χ1) is 11.6. The number of benzene rings is 1. The van der Waals surface area contributed by atoms with Crippen LogP contribution in [-0.2, 0) is 16.1 Å². The Labute approximate surface area is 140 Å². The summed E-state index contributed by atoms with van der Waals surface area (Å²) in [6.45, 7) is 3.98. The Morgan fingerprint density at radius 1 is 1.38 bits per heavy atom. The molecule has 0 radical (unpaired) electrons. The maximum absolute atomic E-state index is 12.8. The Bertz CT molecular complexity index is 799. The number of nitrogens with zero attached hydrogens (tertiary/aromatic N) is 2. The van der Waals surface area contributed by atoms with Gasteiger partial charge in [-0.25, -0.2) is 0 Å². The monoisotopic (exact) mass is 330 g/mol. The highest BCUT2D eigenvalue weighted by Gasteiger charge is 2.22. The van der Waals surface area contributed by atoms with Crippen LogP contribution in [0.5, 0.6) is 0 Å². The van der Waals surface area contributed by atoms with Gasteiger partial charge in [-0.2, -0.15) is 0 Å². The summed E-state index contributed by atoms with van der Waals surface area (Å²) in [6.07, 6.45) is 0. The Morgan fingerprint density at radius 2 is 2.17 bits per heavy atom. The van der Waals surface area contributed by atoms with Gasteiger partial charge in [0.15, 0.2) is 5.43 Å². The highest BCUT2D eigenvalue weighted by molar-refractivity contribution is 5.82. The zero-order valence-electron chi connectivity index (χ0n) is 13.8. The number of aliphatic hydroxyl groups is 1. The van der Waals surface area contributed by atoms with E-state index in [4.69, 9.17) is 4.74 Å². The van der Waals surface area contributed by atoms with E-state index < -0.39 is 0 Å². The van der Waals surface area contributed by atoms with E-state index in [1.165, 1.54) is 0 Å². The minimum absolute atomic E-state index is 0.00373. The SMILES string of the molecule is Cc1cc(=O)c2ccccc2n1CC(=O)N1CCOC[C@@H](CO)C1. The number of hydrogen-bond donors (Lipinski definition) is 1. The van der Waals surface area contributed by atoms with Crippen molar-refractivity contribution >= 4 is 16.8 Å². The largest absolute Gasteiger partial charge is 0.396 e. The van der Waals surface area contributed by atoms with Crippen molar-refractivity contribution in [2.75, 3.05) is 32.9 Å². The number of para-hydroxylation sites is 1. The summed E-state index contributed by atoms with van der Waals surface area (Å²) in [7, 11) is 0. The van der Waals surface area contributed by atoms with E-state index in [0.29, 0.717) is 31.7 Å². The van der Waals surface area contributed by atoms with Crippen molar-refractivity contribution in [2.45, 2.75) is 13.5 Å². The lowest BCUT2D eigenvalue weighted by Crippen LogP contribution is -2.39. The number of amides is 1. The predicted molar refractivity (Wildman–Crippen MR) is 90.9 cm³/mol. The summed E-state index contributed by atoms with van der Waals surface area (Å²) < 4.78 is 7.31.